The van der Waals surface area contributed by atoms with Crippen LogP contribution in [-0.4, -0.2) is 19.9 Å². The van der Waals surface area contributed by atoms with E-state index in [4.69, 9.17) is 0 Å². The Morgan fingerprint density at radius 2 is 1.92 bits per heavy atom. The van der Waals surface area contributed by atoms with Gasteiger partial charge in [0.1, 0.15) is 5.82 Å². The van der Waals surface area contributed by atoms with Crippen molar-refractivity contribution < 1.29 is 9.00 Å². The van der Waals surface area contributed by atoms with E-state index in [0.717, 1.165) is 42.6 Å². The van der Waals surface area contributed by atoms with E-state index < -0.39 is 10.8 Å². The van der Waals surface area contributed by atoms with Crippen LogP contribution in [0.5, 0.6) is 0 Å². The lowest BCUT2D eigenvalue weighted by atomic mass is 10.1. The minimum absolute atomic E-state index is 0.0706. The Morgan fingerprint density at radius 1 is 1.21 bits per heavy atom. The lowest BCUT2D eigenvalue weighted by Gasteiger charge is -2.14. The van der Waals surface area contributed by atoms with Crippen LogP contribution in [0.2, 0.25) is 0 Å². The molecule has 1 atom stereocenters. The van der Waals surface area contributed by atoms with Gasteiger partial charge in [-0.3, -0.25) is 9.00 Å². The highest BCUT2D eigenvalue weighted by Gasteiger charge is 2.30. The molecule has 1 fully saturated rings. The maximum atomic E-state index is 12.6. The third-order valence-electron chi connectivity index (χ3n) is 4.92. The van der Waals surface area contributed by atoms with Crippen molar-refractivity contribution in [2.24, 2.45) is 5.92 Å². The predicted octanol–water partition coefficient (Wildman–Crippen LogP) is 3.07. The van der Waals surface area contributed by atoms with Crippen LogP contribution in [0.25, 0.3) is 5.69 Å². The first-order valence-electron chi connectivity index (χ1n) is 8.45. The van der Waals surface area contributed by atoms with E-state index in [1.165, 1.54) is 5.56 Å². The van der Waals surface area contributed by atoms with Crippen LogP contribution in [0, 0.1) is 12.8 Å². The summed E-state index contributed by atoms with van der Waals surface area (Å²) in [6, 6.07) is 8.06. The highest BCUT2D eigenvalue weighted by Crippen LogP contribution is 2.33. The van der Waals surface area contributed by atoms with Crippen molar-refractivity contribution in [1.82, 2.24) is 9.78 Å². The summed E-state index contributed by atoms with van der Waals surface area (Å²) in [5.41, 5.74) is 3.87. The number of nitrogens with one attached hydrogen (secondary N) is 1. The number of aryl methyl sites for hydroxylation is 1. The fourth-order valence-electron chi connectivity index (χ4n) is 3.54. The van der Waals surface area contributed by atoms with E-state index in [0.29, 0.717) is 17.3 Å². The second-order valence-corrected chi connectivity index (χ2v) is 8.18. The minimum atomic E-state index is -0.911. The zero-order chi connectivity index (χ0) is 16.7. The molecule has 1 N–H and O–H groups in total. The van der Waals surface area contributed by atoms with E-state index in [1.54, 1.807) is 4.68 Å². The lowest BCUT2D eigenvalue weighted by Crippen LogP contribution is -2.22. The Morgan fingerprint density at radius 3 is 2.62 bits per heavy atom. The summed E-state index contributed by atoms with van der Waals surface area (Å²) in [6.45, 7) is 2.04. The Labute approximate surface area is 143 Å². The van der Waals surface area contributed by atoms with Gasteiger partial charge in [-0.05, 0) is 31.9 Å². The van der Waals surface area contributed by atoms with Gasteiger partial charge in [0, 0.05) is 22.3 Å². The van der Waals surface area contributed by atoms with Gasteiger partial charge in [-0.15, -0.1) is 0 Å². The quantitative estimate of drug-likeness (QED) is 0.931. The highest BCUT2D eigenvalue weighted by atomic mass is 32.2. The van der Waals surface area contributed by atoms with E-state index in [1.807, 2.05) is 31.2 Å². The summed E-state index contributed by atoms with van der Waals surface area (Å²) in [4.78, 5) is 12.6. The summed E-state index contributed by atoms with van der Waals surface area (Å²) in [5, 5.41) is 7.72. The Balaban J connectivity index is 1.71. The summed E-state index contributed by atoms with van der Waals surface area (Å²) < 4.78 is 13.7. The topological polar surface area (TPSA) is 64.0 Å². The van der Waals surface area contributed by atoms with Gasteiger partial charge in [0.15, 0.2) is 0 Å². The molecule has 0 saturated heterocycles. The molecule has 4 rings (SSSR count). The monoisotopic (exact) mass is 343 g/mol. The van der Waals surface area contributed by atoms with Crippen molar-refractivity contribution >= 4 is 22.5 Å². The molecule has 24 heavy (non-hydrogen) atoms. The van der Waals surface area contributed by atoms with E-state index in [2.05, 4.69) is 10.4 Å². The fourth-order valence-corrected chi connectivity index (χ4v) is 4.80. The number of nitrogens with zero attached hydrogens (tertiary/aromatic N) is 2. The maximum absolute atomic E-state index is 12.6. The third kappa shape index (κ3) is 2.79. The molecular weight excluding hydrogens is 322 g/mol. The molecule has 1 saturated carbocycles. The zero-order valence-electron chi connectivity index (χ0n) is 13.7. The molecule has 5 nitrogen and oxygen atoms in total. The van der Waals surface area contributed by atoms with Crippen LogP contribution in [-0.2, 0) is 27.1 Å². The first-order valence-corrected chi connectivity index (χ1v) is 9.94. The summed E-state index contributed by atoms with van der Waals surface area (Å²) in [5.74, 6) is 1.81. The molecule has 2 aromatic rings. The summed E-state index contributed by atoms with van der Waals surface area (Å²) in [7, 11) is -0.911. The molecule has 0 radical (unpaired) electrons. The Hall–Kier alpha value is -1.95. The number of fused-ring (bicyclic) bond motifs is 1. The van der Waals surface area contributed by atoms with E-state index >= 15 is 0 Å². The smallest absolute Gasteiger partial charge is 0.228 e. The van der Waals surface area contributed by atoms with Gasteiger partial charge < -0.3 is 5.32 Å². The van der Waals surface area contributed by atoms with E-state index in [-0.39, 0.29) is 11.8 Å². The molecule has 1 aliphatic carbocycles. The van der Waals surface area contributed by atoms with Crippen LogP contribution in [0.3, 0.4) is 0 Å². The number of amides is 1. The molecule has 2 heterocycles. The van der Waals surface area contributed by atoms with Gasteiger partial charge in [-0.25, -0.2) is 4.68 Å². The van der Waals surface area contributed by atoms with Crippen molar-refractivity contribution in [2.45, 2.75) is 44.1 Å². The molecule has 0 bridgehead atoms. The minimum Gasteiger partial charge on any atom is -0.310 e. The SMILES string of the molecule is Cc1ccc(-n2nc3c(c2NC(=O)C2CCCC2)C[S@](=O)C3)cc1. The first kappa shape index (κ1) is 15.6. The number of hydrogen-bond donors (Lipinski definition) is 1. The number of rotatable bonds is 3. The number of anilines is 1. The van der Waals surface area contributed by atoms with Gasteiger partial charge in [0.2, 0.25) is 5.91 Å². The molecule has 6 heteroatoms. The number of carbonyl (C=O) groups excluding carboxylic acids is 1. The van der Waals surface area contributed by atoms with Crippen LogP contribution in [0.4, 0.5) is 5.82 Å². The highest BCUT2D eigenvalue weighted by molar-refractivity contribution is 7.83. The second-order valence-electron chi connectivity index (χ2n) is 6.72. The number of benzene rings is 1. The molecule has 1 aromatic heterocycles. The van der Waals surface area contributed by atoms with Crippen molar-refractivity contribution in [3.05, 3.63) is 41.1 Å². The van der Waals surface area contributed by atoms with Crippen LogP contribution in [0.1, 0.15) is 42.5 Å². The van der Waals surface area contributed by atoms with E-state index in [9.17, 15) is 9.00 Å². The zero-order valence-corrected chi connectivity index (χ0v) is 14.6. The fraction of sp³-hybridized carbons (Fsp3) is 0.444. The lowest BCUT2D eigenvalue weighted by molar-refractivity contribution is -0.119. The maximum Gasteiger partial charge on any atom is 0.228 e. The first-order chi connectivity index (χ1) is 11.6. The molecule has 0 spiro atoms. The molecule has 1 amide bonds. The Bertz CT molecular complexity index is 804. The van der Waals surface area contributed by atoms with Gasteiger partial charge in [0.05, 0.1) is 22.9 Å². The average molecular weight is 343 g/mol. The van der Waals surface area contributed by atoms with Crippen LogP contribution >= 0.6 is 0 Å². The predicted molar refractivity (Wildman–Crippen MR) is 94.4 cm³/mol. The number of hydrogen-bond acceptors (Lipinski definition) is 3. The molecule has 1 aromatic carbocycles. The number of carbonyl (C=O) groups is 1. The van der Waals surface area contributed by atoms with Crippen molar-refractivity contribution in [3.63, 3.8) is 0 Å². The summed E-state index contributed by atoms with van der Waals surface area (Å²) in [6.07, 6.45) is 4.16. The van der Waals surface area contributed by atoms with Crippen molar-refractivity contribution in [2.75, 3.05) is 5.32 Å². The van der Waals surface area contributed by atoms with Crippen LogP contribution < -0.4 is 5.32 Å². The average Bonchev–Trinajstić information content (AvgIpc) is 3.26. The van der Waals surface area contributed by atoms with Gasteiger partial charge in [-0.1, -0.05) is 30.5 Å². The van der Waals surface area contributed by atoms with Gasteiger partial charge in [-0.2, -0.15) is 5.10 Å². The largest absolute Gasteiger partial charge is 0.310 e. The Kier molecular flexibility index (Phi) is 4.00. The van der Waals surface area contributed by atoms with Gasteiger partial charge >= 0.3 is 0 Å². The second kappa shape index (κ2) is 6.16. The molecular formula is C18H21N3O2S. The van der Waals surface area contributed by atoms with Crippen LogP contribution in [0.15, 0.2) is 24.3 Å². The number of aromatic nitrogens is 2. The molecule has 2 aliphatic rings. The molecule has 126 valence electrons. The standard InChI is InChI=1S/C18H21N3O2S/c1-12-6-8-14(9-7-12)21-17(15-10-24(23)11-16(15)20-21)19-18(22)13-4-2-3-5-13/h6-9,13H,2-5,10-11H2,1H3,(H,19,22)/t24-/m0/s1. The normalized spacial score (nSPS) is 20.3. The molecule has 0 unspecified atom stereocenters. The third-order valence-corrected chi connectivity index (χ3v) is 6.12. The van der Waals surface area contributed by atoms with Crippen molar-refractivity contribution in [3.8, 4) is 5.69 Å². The molecule has 1 aliphatic heterocycles. The summed E-state index contributed by atoms with van der Waals surface area (Å²) >= 11 is 0. The van der Waals surface area contributed by atoms with Crippen molar-refractivity contribution in [1.29, 1.82) is 0 Å². The van der Waals surface area contributed by atoms with Gasteiger partial charge in [0.25, 0.3) is 0 Å².